The predicted octanol–water partition coefficient (Wildman–Crippen LogP) is 1.90. The monoisotopic (exact) mass is 272 g/mol. The summed E-state index contributed by atoms with van der Waals surface area (Å²) in [5.41, 5.74) is 1.32. The van der Waals surface area contributed by atoms with Gasteiger partial charge in [0.25, 0.3) is 5.89 Å². The topological polar surface area (TPSA) is 74.5 Å². The van der Waals surface area contributed by atoms with E-state index in [1.807, 2.05) is 24.3 Å². The maximum absolute atomic E-state index is 11.9. The average Bonchev–Trinajstić information content (AvgIpc) is 2.90. The van der Waals surface area contributed by atoms with Gasteiger partial charge >= 0.3 is 5.97 Å². The van der Waals surface area contributed by atoms with Crippen molar-refractivity contribution in [2.45, 2.75) is 13.5 Å². The Balaban J connectivity index is 1.68. The summed E-state index contributed by atoms with van der Waals surface area (Å²) in [6.45, 7) is 1.85. The third-order valence-electron chi connectivity index (χ3n) is 2.79. The Bertz CT molecular complexity index is 675. The maximum atomic E-state index is 11.9. The Morgan fingerprint density at radius 1 is 1.40 bits per heavy atom. The zero-order valence-electron chi connectivity index (χ0n) is 10.8. The molecule has 20 heavy (non-hydrogen) atoms. The molecule has 3 rings (SSSR count). The van der Waals surface area contributed by atoms with Gasteiger partial charge in [-0.25, -0.2) is 4.79 Å². The fourth-order valence-corrected chi connectivity index (χ4v) is 1.85. The van der Waals surface area contributed by atoms with Crippen LogP contribution >= 0.6 is 0 Å². The van der Waals surface area contributed by atoms with E-state index in [-0.39, 0.29) is 19.1 Å². The minimum Gasteiger partial charge on any atom is -0.488 e. The molecular formula is C14H12N2O4. The van der Waals surface area contributed by atoms with Gasteiger partial charge < -0.3 is 14.0 Å². The number of aryl methyl sites for hydroxylation is 1. The van der Waals surface area contributed by atoms with Gasteiger partial charge in [-0.05, 0) is 19.1 Å². The van der Waals surface area contributed by atoms with Crippen LogP contribution in [0.4, 0.5) is 0 Å². The predicted molar refractivity (Wildman–Crippen MR) is 68.7 cm³/mol. The fraction of sp³-hybridized carbons (Fsp3) is 0.214. The quantitative estimate of drug-likeness (QED) is 0.794. The minimum atomic E-state index is -0.449. The zero-order chi connectivity index (χ0) is 13.9. The van der Waals surface area contributed by atoms with Gasteiger partial charge in [0.05, 0.1) is 5.57 Å². The molecule has 6 heteroatoms. The first-order valence-electron chi connectivity index (χ1n) is 6.11. The Morgan fingerprint density at radius 3 is 3.05 bits per heavy atom. The fourth-order valence-electron chi connectivity index (χ4n) is 1.85. The molecule has 0 radical (unpaired) electrons. The first kappa shape index (κ1) is 12.4. The van der Waals surface area contributed by atoms with Crippen molar-refractivity contribution in [3.05, 3.63) is 47.1 Å². The van der Waals surface area contributed by atoms with Gasteiger partial charge in [-0.1, -0.05) is 23.4 Å². The van der Waals surface area contributed by atoms with E-state index in [2.05, 4.69) is 10.1 Å². The lowest BCUT2D eigenvalue weighted by molar-refractivity contribution is -0.141. The lowest BCUT2D eigenvalue weighted by atomic mass is 10.1. The van der Waals surface area contributed by atoms with Gasteiger partial charge in [-0.3, -0.25) is 0 Å². The van der Waals surface area contributed by atoms with Gasteiger partial charge in [0.2, 0.25) is 0 Å². The molecule has 102 valence electrons. The molecule has 0 saturated heterocycles. The number of fused-ring (bicyclic) bond motifs is 1. The highest BCUT2D eigenvalue weighted by atomic mass is 16.6. The van der Waals surface area contributed by atoms with Crippen molar-refractivity contribution < 1.29 is 18.8 Å². The number of carbonyl (C=O) groups excluding carboxylic acids is 1. The molecule has 0 bridgehead atoms. The summed E-state index contributed by atoms with van der Waals surface area (Å²) in [7, 11) is 0. The van der Waals surface area contributed by atoms with Gasteiger partial charge in [0.15, 0.2) is 12.4 Å². The van der Waals surface area contributed by atoms with Gasteiger partial charge in [0.1, 0.15) is 12.4 Å². The van der Waals surface area contributed by atoms with Crippen LogP contribution in [0.2, 0.25) is 0 Å². The molecule has 1 aromatic carbocycles. The van der Waals surface area contributed by atoms with E-state index in [1.54, 1.807) is 13.0 Å². The van der Waals surface area contributed by atoms with Crippen molar-refractivity contribution in [1.82, 2.24) is 10.1 Å². The number of esters is 1. The first-order chi connectivity index (χ1) is 9.72. The van der Waals surface area contributed by atoms with Crippen molar-refractivity contribution in [3.8, 4) is 5.75 Å². The highest BCUT2D eigenvalue weighted by Gasteiger charge is 2.18. The second-order valence-electron chi connectivity index (χ2n) is 4.31. The van der Waals surface area contributed by atoms with Crippen LogP contribution in [0.3, 0.4) is 0 Å². The van der Waals surface area contributed by atoms with Crippen LogP contribution < -0.4 is 4.74 Å². The van der Waals surface area contributed by atoms with E-state index >= 15 is 0 Å². The minimum absolute atomic E-state index is 0.0430. The Labute approximate surface area is 115 Å². The smallest absolute Gasteiger partial charge is 0.338 e. The molecule has 6 nitrogen and oxygen atoms in total. The van der Waals surface area contributed by atoms with E-state index in [4.69, 9.17) is 14.0 Å². The number of carbonyl (C=O) groups is 1. The van der Waals surface area contributed by atoms with E-state index in [0.717, 1.165) is 11.3 Å². The van der Waals surface area contributed by atoms with E-state index in [9.17, 15) is 4.79 Å². The lowest BCUT2D eigenvalue weighted by Gasteiger charge is -2.16. The van der Waals surface area contributed by atoms with Crippen molar-refractivity contribution in [2.24, 2.45) is 0 Å². The number of hydrogen-bond donors (Lipinski definition) is 0. The Hall–Kier alpha value is -2.63. The summed E-state index contributed by atoms with van der Waals surface area (Å²) in [6.07, 6.45) is 1.76. The van der Waals surface area contributed by atoms with Crippen molar-refractivity contribution >= 4 is 12.0 Å². The number of nitrogens with zero attached hydrogens (tertiary/aromatic N) is 2. The molecular weight excluding hydrogens is 260 g/mol. The highest BCUT2D eigenvalue weighted by Crippen LogP contribution is 2.26. The SMILES string of the molecule is Cc1noc(COC(=O)C2=Cc3ccccc3OC2)n1. The summed E-state index contributed by atoms with van der Waals surface area (Å²) in [5.74, 6) is 1.09. The number of para-hydroxylation sites is 1. The number of aromatic nitrogens is 2. The molecule has 0 spiro atoms. The van der Waals surface area contributed by atoms with E-state index in [0.29, 0.717) is 11.4 Å². The summed E-state index contributed by atoms with van der Waals surface area (Å²) < 4.78 is 15.5. The number of benzene rings is 1. The molecule has 0 unspecified atom stereocenters. The van der Waals surface area contributed by atoms with Crippen LogP contribution in [-0.2, 0) is 16.1 Å². The third-order valence-corrected chi connectivity index (χ3v) is 2.79. The van der Waals surface area contributed by atoms with Crippen molar-refractivity contribution in [3.63, 3.8) is 0 Å². The number of ether oxygens (including phenoxy) is 2. The standard InChI is InChI=1S/C14H12N2O4/c1-9-15-13(20-16-9)8-19-14(17)11-6-10-4-2-3-5-12(10)18-7-11/h2-6H,7-8H2,1H3. The maximum Gasteiger partial charge on any atom is 0.338 e. The van der Waals surface area contributed by atoms with Crippen molar-refractivity contribution in [2.75, 3.05) is 6.61 Å². The average molecular weight is 272 g/mol. The highest BCUT2D eigenvalue weighted by molar-refractivity contribution is 5.95. The summed E-state index contributed by atoms with van der Waals surface area (Å²) in [5, 5.41) is 3.62. The molecule has 0 aliphatic carbocycles. The molecule has 2 heterocycles. The van der Waals surface area contributed by atoms with Gasteiger partial charge in [-0.2, -0.15) is 4.98 Å². The summed E-state index contributed by atoms with van der Waals surface area (Å²) in [6, 6.07) is 7.50. The first-order valence-corrected chi connectivity index (χ1v) is 6.11. The normalized spacial score (nSPS) is 13.2. The molecule has 2 aromatic rings. The summed E-state index contributed by atoms with van der Waals surface area (Å²) in [4.78, 5) is 15.9. The van der Waals surface area contributed by atoms with Crippen LogP contribution in [0.5, 0.6) is 5.75 Å². The molecule has 0 saturated carbocycles. The molecule has 0 amide bonds. The molecule has 0 fully saturated rings. The van der Waals surface area contributed by atoms with E-state index in [1.165, 1.54) is 0 Å². The largest absolute Gasteiger partial charge is 0.488 e. The van der Waals surface area contributed by atoms with Gasteiger partial charge in [0, 0.05) is 5.56 Å². The van der Waals surface area contributed by atoms with Crippen LogP contribution in [0, 0.1) is 6.92 Å². The van der Waals surface area contributed by atoms with Gasteiger partial charge in [-0.15, -0.1) is 0 Å². The second kappa shape index (κ2) is 5.16. The van der Waals surface area contributed by atoms with Crippen LogP contribution in [0.1, 0.15) is 17.3 Å². The zero-order valence-corrected chi connectivity index (χ0v) is 10.8. The molecule has 1 aliphatic heterocycles. The van der Waals surface area contributed by atoms with Crippen molar-refractivity contribution in [1.29, 1.82) is 0 Å². The van der Waals surface area contributed by atoms with Crippen LogP contribution in [-0.4, -0.2) is 22.7 Å². The molecule has 0 atom stereocenters. The Kier molecular flexibility index (Phi) is 3.20. The second-order valence-corrected chi connectivity index (χ2v) is 4.31. The molecule has 1 aliphatic rings. The number of rotatable bonds is 3. The van der Waals surface area contributed by atoms with Crippen LogP contribution in [0.25, 0.3) is 6.08 Å². The molecule has 1 aromatic heterocycles. The molecule has 0 N–H and O–H groups in total. The van der Waals surface area contributed by atoms with E-state index < -0.39 is 5.97 Å². The third kappa shape index (κ3) is 2.54. The summed E-state index contributed by atoms with van der Waals surface area (Å²) >= 11 is 0. The lowest BCUT2D eigenvalue weighted by Crippen LogP contribution is -2.17. The van der Waals surface area contributed by atoms with Crippen LogP contribution in [0.15, 0.2) is 34.4 Å². The number of hydrogen-bond acceptors (Lipinski definition) is 6. The Morgan fingerprint density at radius 2 is 2.25 bits per heavy atom.